The van der Waals surface area contributed by atoms with Gasteiger partial charge in [0.1, 0.15) is 0 Å². The quantitative estimate of drug-likeness (QED) is 0.628. The molecule has 0 N–H and O–H groups in total. The normalized spacial score (nSPS) is 12.0. The molecule has 0 amide bonds. The Morgan fingerprint density at radius 1 is 1.13 bits per heavy atom. The molecular formula is C14H17N. The molecule has 0 saturated carbocycles. The molecule has 2 aromatic rings. The summed E-state index contributed by atoms with van der Waals surface area (Å²) in [5, 5.41) is 1.24. The van der Waals surface area contributed by atoms with Crippen LogP contribution in [0.1, 0.15) is 31.9 Å². The number of hydrogen-bond acceptors (Lipinski definition) is 1. The Morgan fingerprint density at radius 2 is 1.87 bits per heavy atom. The highest BCUT2D eigenvalue weighted by Gasteiger charge is 2.14. The van der Waals surface area contributed by atoms with Crippen LogP contribution in [0.5, 0.6) is 0 Å². The van der Waals surface area contributed by atoms with Crippen LogP contribution in [0, 0.1) is 6.92 Å². The molecule has 1 aromatic carbocycles. The molecule has 15 heavy (non-hydrogen) atoms. The maximum atomic E-state index is 4.55. The summed E-state index contributed by atoms with van der Waals surface area (Å²) in [6.07, 6.45) is 2.00. The van der Waals surface area contributed by atoms with Gasteiger partial charge in [0.25, 0.3) is 0 Å². The first-order valence-electron chi connectivity index (χ1n) is 5.34. The summed E-state index contributed by atoms with van der Waals surface area (Å²) in [4.78, 5) is 4.55. The summed E-state index contributed by atoms with van der Waals surface area (Å²) in [5.41, 5.74) is 3.82. The van der Waals surface area contributed by atoms with Gasteiger partial charge in [-0.1, -0.05) is 39.0 Å². The van der Waals surface area contributed by atoms with Gasteiger partial charge in [0.2, 0.25) is 0 Å². The third-order valence-electron chi connectivity index (χ3n) is 2.78. The maximum absolute atomic E-state index is 4.55. The lowest BCUT2D eigenvalue weighted by molar-refractivity contribution is 0.588. The van der Waals surface area contributed by atoms with E-state index in [9.17, 15) is 0 Å². The van der Waals surface area contributed by atoms with Crippen molar-refractivity contribution in [1.82, 2.24) is 4.98 Å². The summed E-state index contributed by atoms with van der Waals surface area (Å²) in [7, 11) is 0. The highest BCUT2D eigenvalue weighted by Crippen LogP contribution is 2.25. The van der Waals surface area contributed by atoms with Crippen LogP contribution < -0.4 is 0 Å². The zero-order valence-corrected chi connectivity index (χ0v) is 9.83. The van der Waals surface area contributed by atoms with Crippen LogP contribution in [0.15, 0.2) is 30.5 Å². The summed E-state index contributed by atoms with van der Waals surface area (Å²) in [6, 6.07) is 8.57. The monoisotopic (exact) mass is 199 g/mol. The van der Waals surface area contributed by atoms with Gasteiger partial charge < -0.3 is 0 Å². The van der Waals surface area contributed by atoms with E-state index in [0.29, 0.717) is 0 Å². The predicted octanol–water partition coefficient (Wildman–Crippen LogP) is 3.84. The van der Waals surface area contributed by atoms with Crippen molar-refractivity contribution in [1.29, 1.82) is 0 Å². The van der Waals surface area contributed by atoms with E-state index in [4.69, 9.17) is 0 Å². The van der Waals surface area contributed by atoms with Gasteiger partial charge in [0, 0.05) is 11.6 Å². The maximum Gasteiger partial charge on any atom is 0.0731 e. The number of nitrogens with zero attached hydrogens (tertiary/aromatic N) is 1. The fourth-order valence-electron chi connectivity index (χ4n) is 1.72. The SMILES string of the molecule is Cc1cccc2cc(C(C)(C)C)cnc12. The van der Waals surface area contributed by atoms with Crippen LogP contribution in [0.4, 0.5) is 0 Å². The van der Waals surface area contributed by atoms with Gasteiger partial charge in [-0.2, -0.15) is 0 Å². The van der Waals surface area contributed by atoms with Crippen molar-refractivity contribution in [3.05, 3.63) is 41.6 Å². The largest absolute Gasteiger partial charge is 0.256 e. The van der Waals surface area contributed by atoms with Crippen LogP contribution in [-0.2, 0) is 5.41 Å². The molecule has 0 spiro atoms. The molecule has 0 fully saturated rings. The topological polar surface area (TPSA) is 12.9 Å². The number of fused-ring (bicyclic) bond motifs is 1. The molecule has 78 valence electrons. The van der Waals surface area contributed by atoms with Crippen LogP contribution in [0.25, 0.3) is 10.9 Å². The smallest absolute Gasteiger partial charge is 0.0731 e. The van der Waals surface area contributed by atoms with E-state index in [-0.39, 0.29) is 5.41 Å². The molecule has 0 aliphatic rings. The molecule has 0 saturated heterocycles. The summed E-state index contributed by atoms with van der Waals surface area (Å²) in [6.45, 7) is 8.75. The van der Waals surface area contributed by atoms with E-state index in [1.165, 1.54) is 16.5 Å². The molecule has 1 aromatic heterocycles. The second kappa shape index (κ2) is 3.34. The summed E-state index contributed by atoms with van der Waals surface area (Å²) >= 11 is 0. The average Bonchev–Trinajstić information content (AvgIpc) is 2.16. The van der Waals surface area contributed by atoms with Crippen molar-refractivity contribution in [3.63, 3.8) is 0 Å². The Balaban J connectivity index is 2.68. The van der Waals surface area contributed by atoms with E-state index in [1.807, 2.05) is 6.20 Å². The van der Waals surface area contributed by atoms with Gasteiger partial charge >= 0.3 is 0 Å². The predicted molar refractivity (Wildman–Crippen MR) is 65.2 cm³/mol. The summed E-state index contributed by atoms with van der Waals surface area (Å²) in [5.74, 6) is 0. The highest BCUT2D eigenvalue weighted by atomic mass is 14.7. The minimum Gasteiger partial charge on any atom is -0.256 e. The Hall–Kier alpha value is -1.37. The number of aryl methyl sites for hydroxylation is 1. The number of para-hydroxylation sites is 1. The first-order valence-corrected chi connectivity index (χ1v) is 5.34. The van der Waals surface area contributed by atoms with E-state index >= 15 is 0 Å². The van der Waals surface area contributed by atoms with Gasteiger partial charge in [-0.3, -0.25) is 4.98 Å². The number of rotatable bonds is 0. The van der Waals surface area contributed by atoms with Crippen LogP contribution in [0.3, 0.4) is 0 Å². The molecule has 1 heteroatoms. The van der Waals surface area contributed by atoms with Crippen LogP contribution in [0.2, 0.25) is 0 Å². The first-order chi connectivity index (χ1) is 6.98. The first kappa shape index (κ1) is 10.2. The van der Waals surface area contributed by atoms with Crippen molar-refractivity contribution >= 4 is 10.9 Å². The number of pyridine rings is 1. The lowest BCUT2D eigenvalue weighted by atomic mass is 9.87. The molecule has 0 atom stereocenters. The van der Waals surface area contributed by atoms with Gasteiger partial charge in [-0.05, 0) is 29.5 Å². The molecule has 2 rings (SSSR count). The zero-order valence-electron chi connectivity index (χ0n) is 9.83. The molecular weight excluding hydrogens is 182 g/mol. The Morgan fingerprint density at radius 3 is 2.53 bits per heavy atom. The highest BCUT2D eigenvalue weighted by molar-refractivity contribution is 5.82. The zero-order chi connectivity index (χ0) is 11.1. The van der Waals surface area contributed by atoms with Gasteiger partial charge in [-0.15, -0.1) is 0 Å². The number of aromatic nitrogens is 1. The van der Waals surface area contributed by atoms with E-state index < -0.39 is 0 Å². The standard InChI is InChI=1S/C14H17N/c1-10-6-5-7-11-8-12(14(2,3)4)9-15-13(10)11/h5-9H,1-4H3. The Kier molecular flexibility index (Phi) is 2.26. The number of benzene rings is 1. The minimum atomic E-state index is 0.172. The van der Waals surface area contributed by atoms with E-state index in [2.05, 4.69) is 56.9 Å². The Bertz CT molecular complexity index is 492. The lowest BCUT2D eigenvalue weighted by Gasteiger charge is -2.19. The van der Waals surface area contributed by atoms with Crippen LogP contribution >= 0.6 is 0 Å². The van der Waals surface area contributed by atoms with Gasteiger partial charge in [0.15, 0.2) is 0 Å². The van der Waals surface area contributed by atoms with Crippen molar-refractivity contribution in [2.24, 2.45) is 0 Å². The number of hydrogen-bond donors (Lipinski definition) is 0. The van der Waals surface area contributed by atoms with Crippen molar-refractivity contribution in [2.75, 3.05) is 0 Å². The van der Waals surface area contributed by atoms with Crippen molar-refractivity contribution in [2.45, 2.75) is 33.1 Å². The minimum absolute atomic E-state index is 0.172. The molecule has 0 radical (unpaired) electrons. The fourth-order valence-corrected chi connectivity index (χ4v) is 1.72. The van der Waals surface area contributed by atoms with Crippen molar-refractivity contribution in [3.8, 4) is 0 Å². The molecule has 0 aliphatic heterocycles. The lowest BCUT2D eigenvalue weighted by Crippen LogP contribution is -2.11. The molecule has 1 nitrogen and oxygen atoms in total. The van der Waals surface area contributed by atoms with Crippen molar-refractivity contribution < 1.29 is 0 Å². The van der Waals surface area contributed by atoms with Gasteiger partial charge in [0.05, 0.1) is 5.52 Å². The molecule has 0 bridgehead atoms. The second-order valence-electron chi connectivity index (χ2n) is 5.12. The third kappa shape index (κ3) is 1.87. The molecule has 1 heterocycles. The van der Waals surface area contributed by atoms with Gasteiger partial charge in [-0.25, -0.2) is 0 Å². The summed E-state index contributed by atoms with van der Waals surface area (Å²) < 4.78 is 0. The molecule has 0 aliphatic carbocycles. The van der Waals surface area contributed by atoms with E-state index in [1.54, 1.807) is 0 Å². The van der Waals surface area contributed by atoms with E-state index in [0.717, 1.165) is 5.52 Å². The fraction of sp³-hybridized carbons (Fsp3) is 0.357. The van der Waals surface area contributed by atoms with Crippen LogP contribution in [-0.4, -0.2) is 4.98 Å². The average molecular weight is 199 g/mol. The Labute approximate surface area is 91.2 Å². The molecule has 0 unspecified atom stereocenters. The third-order valence-corrected chi connectivity index (χ3v) is 2.78. The second-order valence-corrected chi connectivity index (χ2v) is 5.12.